The zero-order valence-electron chi connectivity index (χ0n) is 20.4. The lowest BCUT2D eigenvalue weighted by molar-refractivity contribution is 0.102. The first-order valence-electron chi connectivity index (χ1n) is 11.9. The fourth-order valence-electron chi connectivity index (χ4n) is 4.18. The maximum Gasteiger partial charge on any atom is 0.257 e. The number of likely N-dealkylation sites (tertiary alicyclic amines) is 1. The largest absolute Gasteiger partial charge is 0.495 e. The van der Waals surface area contributed by atoms with Gasteiger partial charge in [0.1, 0.15) is 11.6 Å². The van der Waals surface area contributed by atoms with Crippen molar-refractivity contribution >= 4 is 74.2 Å². The number of rotatable bonds is 8. The fourth-order valence-corrected chi connectivity index (χ4v) is 5.13. The fraction of sp³-hybridized carbons (Fsp3) is 0.250. The van der Waals surface area contributed by atoms with Crippen LogP contribution in [-0.2, 0) is 8.86 Å². The monoisotopic (exact) mass is 722 g/mol. The predicted molar refractivity (Wildman–Crippen MR) is 165 cm³/mol. The van der Waals surface area contributed by atoms with Crippen molar-refractivity contribution in [3.8, 4) is 5.75 Å². The van der Waals surface area contributed by atoms with Crippen LogP contribution in [0.4, 0.5) is 11.4 Å². The number of amides is 2. The Hall–Kier alpha value is -2.67. The number of nitrogens with one attached hydrogen (secondary N) is 3. The van der Waals surface area contributed by atoms with E-state index in [1.165, 1.54) is 12.7 Å². The Morgan fingerprint density at radius 3 is 2.08 bits per heavy atom. The van der Waals surface area contributed by atoms with E-state index >= 15 is 0 Å². The number of hydrogen-bond acceptors (Lipinski definition) is 4. The molecule has 0 aromatic heterocycles. The van der Waals surface area contributed by atoms with Crippen molar-refractivity contribution in [1.29, 1.82) is 5.41 Å². The van der Waals surface area contributed by atoms with E-state index in [2.05, 4.69) is 60.7 Å². The Bertz CT molecular complexity index is 1290. The number of ether oxygens (including phenoxy) is 1. The van der Waals surface area contributed by atoms with Gasteiger partial charge in [-0.15, -0.1) is 0 Å². The molecule has 3 N–H and O–H groups in total. The van der Waals surface area contributed by atoms with Crippen LogP contribution in [0, 0.1) is 5.41 Å². The van der Waals surface area contributed by atoms with E-state index < -0.39 is 0 Å². The molecule has 1 aliphatic heterocycles. The summed E-state index contributed by atoms with van der Waals surface area (Å²) in [7, 11) is 1.52. The van der Waals surface area contributed by atoms with E-state index in [-0.39, 0.29) is 11.8 Å². The summed E-state index contributed by atoms with van der Waals surface area (Å²) in [4.78, 5) is 28.6. The lowest BCUT2D eigenvalue weighted by Gasteiger charge is -2.19. The van der Waals surface area contributed by atoms with E-state index in [0.717, 1.165) is 41.5 Å². The minimum absolute atomic E-state index is 0.316. The number of carbonyl (C=O) groups excluding carboxylic acids is 2. The summed E-state index contributed by atoms with van der Waals surface area (Å²) < 4.78 is 7.14. The number of hydrogen-bond donors (Lipinski definition) is 3. The van der Waals surface area contributed by atoms with Gasteiger partial charge in [-0.05, 0) is 60.4 Å². The standard InChI is InChI=1S/C28H28I2N4O3/c1-37-24-15-19(17-30)14-23(28(36)32-22-10-4-18(16-29)5-11-22)25(24)33-27(35)21-8-6-20(7-9-21)26(31)34-12-2-3-13-34/h4-11,14-15,31H,2-3,12-13,16-17H2,1H3,(H,32,36)(H,33,35). The van der Waals surface area contributed by atoms with E-state index in [9.17, 15) is 9.59 Å². The van der Waals surface area contributed by atoms with Crippen LogP contribution >= 0.6 is 45.2 Å². The molecule has 4 rings (SSSR count). The van der Waals surface area contributed by atoms with E-state index in [0.29, 0.717) is 38.5 Å². The summed E-state index contributed by atoms with van der Waals surface area (Å²) in [5, 5.41) is 14.3. The Morgan fingerprint density at radius 1 is 0.865 bits per heavy atom. The highest BCUT2D eigenvalue weighted by Gasteiger charge is 2.21. The molecular formula is C28H28I2N4O3. The van der Waals surface area contributed by atoms with Gasteiger partial charge < -0.3 is 20.3 Å². The highest BCUT2D eigenvalue weighted by molar-refractivity contribution is 14.1. The number of methoxy groups -OCH3 is 1. The van der Waals surface area contributed by atoms with Crippen molar-refractivity contribution in [2.45, 2.75) is 21.7 Å². The zero-order chi connectivity index (χ0) is 26.4. The van der Waals surface area contributed by atoms with Crippen LogP contribution in [0.3, 0.4) is 0 Å². The zero-order valence-corrected chi connectivity index (χ0v) is 24.8. The van der Waals surface area contributed by atoms with Gasteiger partial charge in [0.2, 0.25) is 0 Å². The minimum Gasteiger partial charge on any atom is -0.495 e. The van der Waals surface area contributed by atoms with Crippen LogP contribution in [0.5, 0.6) is 5.75 Å². The SMILES string of the molecule is COc1cc(CI)cc(C(=O)Nc2ccc(CI)cc2)c1NC(=O)c1ccc(C(=N)N2CCCC2)cc1. The van der Waals surface area contributed by atoms with Crippen LogP contribution < -0.4 is 15.4 Å². The van der Waals surface area contributed by atoms with Crippen molar-refractivity contribution in [2.75, 3.05) is 30.8 Å². The van der Waals surface area contributed by atoms with Crippen molar-refractivity contribution in [3.63, 3.8) is 0 Å². The van der Waals surface area contributed by atoms with Crippen molar-refractivity contribution in [1.82, 2.24) is 4.90 Å². The molecule has 3 aromatic carbocycles. The molecule has 0 unspecified atom stereocenters. The molecule has 0 aliphatic carbocycles. The van der Waals surface area contributed by atoms with Crippen LogP contribution in [0.25, 0.3) is 0 Å². The number of nitrogens with zero attached hydrogens (tertiary/aromatic N) is 1. The highest BCUT2D eigenvalue weighted by atomic mass is 127. The van der Waals surface area contributed by atoms with Gasteiger partial charge in [-0.25, -0.2) is 0 Å². The van der Waals surface area contributed by atoms with E-state index in [4.69, 9.17) is 10.1 Å². The number of amidine groups is 1. The molecule has 0 spiro atoms. The molecule has 1 fully saturated rings. The quantitative estimate of drug-likeness (QED) is 0.107. The van der Waals surface area contributed by atoms with Gasteiger partial charge in [-0.3, -0.25) is 15.0 Å². The molecule has 1 heterocycles. The normalized spacial score (nSPS) is 12.8. The van der Waals surface area contributed by atoms with Crippen LogP contribution in [0.2, 0.25) is 0 Å². The first kappa shape index (κ1) is 27.4. The van der Waals surface area contributed by atoms with Gasteiger partial charge in [-0.1, -0.05) is 69.4 Å². The Kier molecular flexibility index (Phi) is 9.41. The summed E-state index contributed by atoms with van der Waals surface area (Å²) in [6, 6.07) is 18.3. The number of anilines is 2. The Balaban J connectivity index is 1.58. The van der Waals surface area contributed by atoms with Gasteiger partial charge in [-0.2, -0.15) is 0 Å². The number of halogens is 2. The van der Waals surface area contributed by atoms with Gasteiger partial charge in [0.15, 0.2) is 0 Å². The molecular weight excluding hydrogens is 694 g/mol. The third-order valence-electron chi connectivity index (χ3n) is 6.23. The molecule has 7 nitrogen and oxygen atoms in total. The van der Waals surface area contributed by atoms with Crippen molar-refractivity contribution < 1.29 is 14.3 Å². The second-order valence-electron chi connectivity index (χ2n) is 8.71. The topological polar surface area (TPSA) is 94.5 Å². The van der Waals surface area contributed by atoms with Gasteiger partial charge in [0.05, 0.1) is 18.4 Å². The first-order chi connectivity index (χ1) is 17.9. The summed E-state index contributed by atoms with van der Waals surface area (Å²) in [6.45, 7) is 1.78. The average Bonchev–Trinajstić information content (AvgIpc) is 3.48. The van der Waals surface area contributed by atoms with E-state index in [1.54, 1.807) is 30.3 Å². The molecule has 0 saturated carbocycles. The molecule has 0 bridgehead atoms. The highest BCUT2D eigenvalue weighted by Crippen LogP contribution is 2.33. The minimum atomic E-state index is -0.361. The molecule has 37 heavy (non-hydrogen) atoms. The third-order valence-corrected chi connectivity index (χ3v) is 7.99. The maximum absolute atomic E-state index is 13.3. The second kappa shape index (κ2) is 12.7. The van der Waals surface area contributed by atoms with Crippen LogP contribution in [0.1, 0.15) is 50.2 Å². The molecule has 1 aliphatic rings. The van der Waals surface area contributed by atoms with Gasteiger partial charge in [0.25, 0.3) is 11.8 Å². The Labute approximate surface area is 244 Å². The molecule has 0 radical (unpaired) electrons. The lowest BCUT2D eigenvalue weighted by atomic mass is 10.1. The Morgan fingerprint density at radius 2 is 1.49 bits per heavy atom. The summed E-state index contributed by atoms with van der Waals surface area (Å²) in [5.74, 6) is 0.198. The predicted octanol–water partition coefficient (Wildman–Crippen LogP) is 6.49. The molecule has 2 amide bonds. The first-order valence-corrected chi connectivity index (χ1v) is 15.0. The number of alkyl halides is 2. The van der Waals surface area contributed by atoms with Crippen molar-refractivity contribution in [2.24, 2.45) is 0 Å². The number of carbonyl (C=O) groups is 2. The van der Waals surface area contributed by atoms with Crippen molar-refractivity contribution in [3.05, 3.63) is 88.5 Å². The molecule has 0 atom stereocenters. The summed E-state index contributed by atoms with van der Waals surface area (Å²) in [6.07, 6.45) is 2.20. The van der Waals surface area contributed by atoms with E-state index in [1.807, 2.05) is 30.3 Å². The van der Waals surface area contributed by atoms with Crippen LogP contribution in [-0.4, -0.2) is 42.7 Å². The summed E-state index contributed by atoms with van der Waals surface area (Å²) in [5.41, 5.74) is 4.59. The smallest absolute Gasteiger partial charge is 0.257 e. The molecule has 9 heteroatoms. The third kappa shape index (κ3) is 6.61. The molecule has 1 saturated heterocycles. The van der Waals surface area contributed by atoms with Gasteiger partial charge in [0, 0.05) is 38.8 Å². The second-order valence-corrected chi connectivity index (χ2v) is 10.2. The molecule has 192 valence electrons. The number of benzene rings is 3. The molecule has 3 aromatic rings. The average molecular weight is 722 g/mol. The van der Waals surface area contributed by atoms with Crippen LogP contribution in [0.15, 0.2) is 60.7 Å². The summed E-state index contributed by atoms with van der Waals surface area (Å²) >= 11 is 4.52. The maximum atomic E-state index is 13.3. The lowest BCUT2D eigenvalue weighted by Crippen LogP contribution is -2.27. The van der Waals surface area contributed by atoms with Gasteiger partial charge >= 0.3 is 0 Å².